The van der Waals surface area contributed by atoms with Crippen molar-refractivity contribution in [3.8, 4) is 0 Å². The largest absolute Gasteiger partial charge is 0.464 e. The zero-order chi connectivity index (χ0) is 15.4. The van der Waals surface area contributed by atoms with Crippen molar-refractivity contribution in [2.24, 2.45) is 0 Å². The fourth-order valence-electron chi connectivity index (χ4n) is 2.48. The monoisotopic (exact) mass is 310 g/mol. The van der Waals surface area contributed by atoms with Gasteiger partial charge in [-0.05, 0) is 44.4 Å². The van der Waals surface area contributed by atoms with Crippen LogP contribution in [-0.2, 0) is 9.53 Å². The number of amides is 1. The first kappa shape index (κ1) is 15.6. The van der Waals surface area contributed by atoms with Crippen LogP contribution in [-0.4, -0.2) is 36.0 Å². The number of anilines is 1. The summed E-state index contributed by atoms with van der Waals surface area (Å²) in [5.74, 6) is -0.554. The Hall–Kier alpha value is -1.75. The number of carbonyl (C=O) groups excluding carboxylic acids is 2. The van der Waals surface area contributed by atoms with Crippen LogP contribution in [0.15, 0.2) is 18.2 Å². The Balaban J connectivity index is 2.21. The Morgan fingerprint density at radius 2 is 2.19 bits per heavy atom. The van der Waals surface area contributed by atoms with E-state index in [9.17, 15) is 9.59 Å². The highest BCUT2D eigenvalue weighted by Gasteiger charge is 2.33. The van der Waals surface area contributed by atoms with E-state index in [0.29, 0.717) is 35.8 Å². The second-order valence-corrected chi connectivity index (χ2v) is 5.41. The van der Waals surface area contributed by atoms with Crippen molar-refractivity contribution in [1.29, 1.82) is 0 Å². The van der Waals surface area contributed by atoms with E-state index in [0.717, 1.165) is 12.8 Å². The van der Waals surface area contributed by atoms with Crippen LogP contribution >= 0.6 is 11.6 Å². The Bertz CT molecular complexity index is 548. The van der Waals surface area contributed by atoms with Crippen LogP contribution in [0.2, 0.25) is 5.02 Å². The number of halogens is 1. The van der Waals surface area contributed by atoms with Crippen LogP contribution in [0.3, 0.4) is 0 Å². The molecule has 1 amide bonds. The average molecular weight is 311 g/mol. The van der Waals surface area contributed by atoms with Crippen LogP contribution in [0, 0.1) is 0 Å². The van der Waals surface area contributed by atoms with E-state index in [1.807, 2.05) is 0 Å². The maximum atomic E-state index is 12.6. The van der Waals surface area contributed by atoms with Gasteiger partial charge in [-0.3, -0.25) is 4.79 Å². The van der Waals surface area contributed by atoms with Gasteiger partial charge < -0.3 is 15.4 Å². The van der Waals surface area contributed by atoms with Gasteiger partial charge in [0.2, 0.25) is 0 Å². The van der Waals surface area contributed by atoms with E-state index >= 15 is 0 Å². The molecule has 0 aromatic heterocycles. The summed E-state index contributed by atoms with van der Waals surface area (Å²) in [5, 5.41) is 0.338. The zero-order valence-corrected chi connectivity index (χ0v) is 12.7. The highest BCUT2D eigenvalue weighted by Crippen LogP contribution is 2.24. The third-order valence-electron chi connectivity index (χ3n) is 3.57. The molecule has 0 bridgehead atoms. The molecule has 0 aliphatic carbocycles. The van der Waals surface area contributed by atoms with Crippen molar-refractivity contribution >= 4 is 29.2 Å². The number of nitrogens with zero attached hydrogens (tertiary/aromatic N) is 1. The van der Waals surface area contributed by atoms with Crippen molar-refractivity contribution in [3.63, 3.8) is 0 Å². The first-order valence-electron chi connectivity index (χ1n) is 7.07. The van der Waals surface area contributed by atoms with Crippen LogP contribution in [0.1, 0.15) is 36.5 Å². The molecule has 1 aromatic rings. The molecule has 21 heavy (non-hydrogen) atoms. The lowest BCUT2D eigenvalue weighted by Gasteiger charge is -2.34. The van der Waals surface area contributed by atoms with E-state index < -0.39 is 6.04 Å². The Kier molecular flexibility index (Phi) is 5.07. The number of rotatable bonds is 3. The van der Waals surface area contributed by atoms with E-state index in [1.165, 1.54) is 6.07 Å². The Morgan fingerprint density at radius 1 is 1.43 bits per heavy atom. The second-order valence-electron chi connectivity index (χ2n) is 5.00. The fourth-order valence-corrected chi connectivity index (χ4v) is 2.66. The van der Waals surface area contributed by atoms with Gasteiger partial charge in [0.15, 0.2) is 0 Å². The zero-order valence-electron chi connectivity index (χ0n) is 12.0. The number of hydrogen-bond donors (Lipinski definition) is 1. The summed E-state index contributed by atoms with van der Waals surface area (Å²) in [6.07, 6.45) is 2.42. The number of piperidine rings is 1. The van der Waals surface area contributed by atoms with Crippen LogP contribution in [0.4, 0.5) is 5.69 Å². The molecule has 0 spiro atoms. The molecule has 6 heteroatoms. The van der Waals surface area contributed by atoms with Gasteiger partial charge in [0.1, 0.15) is 6.04 Å². The smallest absolute Gasteiger partial charge is 0.328 e. The molecule has 2 N–H and O–H groups in total. The van der Waals surface area contributed by atoms with E-state index in [1.54, 1.807) is 24.0 Å². The molecular weight excluding hydrogens is 292 g/mol. The number of hydrogen-bond acceptors (Lipinski definition) is 4. The first-order valence-corrected chi connectivity index (χ1v) is 7.45. The molecule has 0 radical (unpaired) electrons. The molecular formula is C15H19ClN2O3. The maximum Gasteiger partial charge on any atom is 0.328 e. The summed E-state index contributed by atoms with van der Waals surface area (Å²) < 4.78 is 5.06. The third kappa shape index (κ3) is 3.47. The van der Waals surface area contributed by atoms with E-state index in [2.05, 4.69) is 0 Å². The van der Waals surface area contributed by atoms with Gasteiger partial charge in [0.25, 0.3) is 5.91 Å². The maximum absolute atomic E-state index is 12.6. The van der Waals surface area contributed by atoms with Crippen LogP contribution < -0.4 is 5.73 Å². The molecule has 114 valence electrons. The molecule has 1 fully saturated rings. The van der Waals surface area contributed by atoms with Crippen molar-refractivity contribution < 1.29 is 14.3 Å². The Morgan fingerprint density at radius 3 is 2.86 bits per heavy atom. The molecule has 1 unspecified atom stereocenters. The molecule has 2 rings (SSSR count). The molecule has 1 heterocycles. The summed E-state index contributed by atoms with van der Waals surface area (Å²) >= 11 is 5.96. The predicted octanol–water partition coefficient (Wildman–Crippen LogP) is 2.48. The van der Waals surface area contributed by atoms with Gasteiger partial charge in [-0.1, -0.05) is 11.6 Å². The average Bonchev–Trinajstić information content (AvgIpc) is 2.49. The summed E-state index contributed by atoms with van der Waals surface area (Å²) in [7, 11) is 0. The van der Waals surface area contributed by atoms with Gasteiger partial charge in [-0.2, -0.15) is 0 Å². The van der Waals surface area contributed by atoms with Crippen molar-refractivity contribution in [1.82, 2.24) is 4.90 Å². The number of benzene rings is 1. The lowest BCUT2D eigenvalue weighted by molar-refractivity contribution is -0.149. The number of esters is 1. The fraction of sp³-hybridized carbons (Fsp3) is 0.467. The summed E-state index contributed by atoms with van der Waals surface area (Å²) in [5.41, 5.74) is 6.51. The molecule has 1 aliphatic heterocycles. The topological polar surface area (TPSA) is 72.6 Å². The predicted molar refractivity (Wildman–Crippen MR) is 81.2 cm³/mol. The first-order chi connectivity index (χ1) is 10.0. The number of nitrogen functional groups attached to an aromatic ring is 1. The molecule has 5 nitrogen and oxygen atoms in total. The minimum Gasteiger partial charge on any atom is -0.464 e. The highest BCUT2D eigenvalue weighted by atomic mass is 35.5. The second kappa shape index (κ2) is 6.80. The summed E-state index contributed by atoms with van der Waals surface area (Å²) in [6.45, 7) is 2.61. The van der Waals surface area contributed by atoms with Crippen molar-refractivity contribution in [2.45, 2.75) is 32.2 Å². The third-order valence-corrected chi connectivity index (χ3v) is 3.90. The lowest BCUT2D eigenvalue weighted by Crippen LogP contribution is -2.48. The SMILES string of the molecule is CCOC(=O)C1CCCCN1C(=O)c1ccc(N)c(Cl)c1. The van der Waals surface area contributed by atoms with Gasteiger partial charge in [-0.15, -0.1) is 0 Å². The van der Waals surface area contributed by atoms with Crippen LogP contribution in [0.5, 0.6) is 0 Å². The number of ether oxygens (including phenoxy) is 1. The molecule has 1 aliphatic rings. The van der Waals surface area contributed by atoms with Gasteiger partial charge >= 0.3 is 5.97 Å². The molecule has 1 atom stereocenters. The van der Waals surface area contributed by atoms with Gasteiger partial charge in [0.05, 0.1) is 17.3 Å². The molecule has 0 saturated carbocycles. The molecule has 1 saturated heterocycles. The lowest BCUT2D eigenvalue weighted by atomic mass is 10.0. The van der Waals surface area contributed by atoms with Gasteiger partial charge in [-0.25, -0.2) is 4.79 Å². The van der Waals surface area contributed by atoms with Crippen molar-refractivity contribution in [2.75, 3.05) is 18.9 Å². The van der Waals surface area contributed by atoms with Crippen molar-refractivity contribution in [3.05, 3.63) is 28.8 Å². The summed E-state index contributed by atoms with van der Waals surface area (Å²) in [4.78, 5) is 26.2. The Labute approximate surface area is 129 Å². The summed E-state index contributed by atoms with van der Waals surface area (Å²) in [6, 6.07) is 4.25. The molecule has 1 aromatic carbocycles. The minimum atomic E-state index is -0.512. The van der Waals surface area contributed by atoms with E-state index in [4.69, 9.17) is 22.1 Å². The minimum absolute atomic E-state index is 0.213. The standard InChI is InChI=1S/C15H19ClN2O3/c1-2-21-15(20)13-5-3-4-8-18(13)14(19)10-6-7-12(17)11(16)9-10/h6-7,9,13H,2-5,8,17H2,1H3. The van der Waals surface area contributed by atoms with Gasteiger partial charge in [0, 0.05) is 12.1 Å². The number of carbonyl (C=O) groups is 2. The van der Waals surface area contributed by atoms with Crippen LogP contribution in [0.25, 0.3) is 0 Å². The quantitative estimate of drug-likeness (QED) is 0.687. The highest BCUT2D eigenvalue weighted by molar-refractivity contribution is 6.33. The number of nitrogens with two attached hydrogens (primary N) is 1. The normalized spacial score (nSPS) is 18.4. The number of likely N-dealkylation sites (tertiary alicyclic amines) is 1. The van der Waals surface area contributed by atoms with E-state index in [-0.39, 0.29) is 11.9 Å².